The molecule has 0 atom stereocenters. The van der Waals surface area contributed by atoms with Crippen LogP contribution in [-0.4, -0.2) is 21.3 Å². The molecule has 0 amide bonds. The van der Waals surface area contributed by atoms with Gasteiger partial charge in [-0.05, 0) is 18.2 Å². The molecule has 0 aliphatic rings. The number of rotatable bonds is 4. The van der Waals surface area contributed by atoms with Crippen molar-refractivity contribution < 1.29 is 14.3 Å². The molecule has 17 heavy (non-hydrogen) atoms. The fourth-order valence-electron chi connectivity index (χ4n) is 1.26. The van der Waals surface area contributed by atoms with Crippen molar-refractivity contribution in [3.8, 4) is 0 Å². The lowest BCUT2D eigenvalue weighted by Gasteiger charge is -2.00. The van der Waals surface area contributed by atoms with Gasteiger partial charge in [-0.15, -0.1) is 22.0 Å². The minimum atomic E-state index is -0.930. The summed E-state index contributed by atoms with van der Waals surface area (Å²) in [6.07, 6.45) is 0. The molecule has 0 spiro atoms. The topological polar surface area (TPSA) is 76.2 Å². The van der Waals surface area contributed by atoms with E-state index in [2.05, 4.69) is 10.2 Å². The molecule has 0 saturated heterocycles. The van der Waals surface area contributed by atoms with Crippen molar-refractivity contribution in [3.05, 3.63) is 41.6 Å². The molecular weight excluding hydrogens is 240 g/mol. The van der Waals surface area contributed by atoms with Crippen molar-refractivity contribution >= 4 is 17.7 Å². The molecule has 2 rings (SSSR count). The zero-order valence-corrected chi connectivity index (χ0v) is 9.90. The number of aryl methyl sites for hydroxylation is 1. The largest absolute Gasteiger partial charge is 0.478 e. The molecule has 1 heterocycles. The number of carboxylic acids is 1. The van der Waals surface area contributed by atoms with Gasteiger partial charge in [-0.1, -0.05) is 6.07 Å². The Balaban J connectivity index is 2.04. The van der Waals surface area contributed by atoms with E-state index in [0.29, 0.717) is 17.5 Å². The summed E-state index contributed by atoms with van der Waals surface area (Å²) in [5.41, 5.74) is 0.275. The highest BCUT2D eigenvalue weighted by atomic mass is 32.2. The van der Waals surface area contributed by atoms with Crippen LogP contribution in [0.3, 0.4) is 0 Å². The average Bonchev–Trinajstić information content (AvgIpc) is 2.73. The maximum absolute atomic E-state index is 10.8. The third-order valence-corrected chi connectivity index (χ3v) is 2.99. The summed E-state index contributed by atoms with van der Waals surface area (Å²) in [5, 5.41) is 16.4. The summed E-state index contributed by atoms with van der Waals surface area (Å²) < 4.78 is 5.22. The predicted molar refractivity (Wildman–Crippen MR) is 62.0 cm³/mol. The van der Waals surface area contributed by atoms with Crippen molar-refractivity contribution in [1.29, 1.82) is 0 Å². The predicted octanol–water partition coefficient (Wildman–Crippen LogP) is 2.37. The summed E-state index contributed by atoms with van der Waals surface area (Å²) >= 11 is 1.46. The van der Waals surface area contributed by atoms with Crippen LogP contribution in [0.4, 0.5) is 0 Å². The van der Waals surface area contributed by atoms with Crippen LogP contribution in [0.25, 0.3) is 0 Å². The van der Waals surface area contributed by atoms with Gasteiger partial charge in [0.1, 0.15) is 0 Å². The van der Waals surface area contributed by atoms with E-state index in [0.717, 1.165) is 4.90 Å². The number of nitrogens with zero attached hydrogens (tertiary/aromatic N) is 2. The fourth-order valence-corrected chi connectivity index (χ4v) is 2.05. The number of hydrogen-bond donors (Lipinski definition) is 1. The molecule has 0 unspecified atom stereocenters. The van der Waals surface area contributed by atoms with E-state index in [-0.39, 0.29) is 5.56 Å². The number of benzene rings is 1. The fraction of sp³-hybridized carbons (Fsp3) is 0.182. The second-order valence-electron chi connectivity index (χ2n) is 3.34. The highest BCUT2D eigenvalue weighted by molar-refractivity contribution is 7.98. The lowest BCUT2D eigenvalue weighted by molar-refractivity contribution is 0.0696. The summed E-state index contributed by atoms with van der Waals surface area (Å²) in [6.45, 7) is 1.73. The van der Waals surface area contributed by atoms with Gasteiger partial charge in [-0.2, -0.15) is 0 Å². The second kappa shape index (κ2) is 5.01. The first-order chi connectivity index (χ1) is 8.15. The van der Waals surface area contributed by atoms with E-state index in [1.54, 1.807) is 25.1 Å². The highest BCUT2D eigenvalue weighted by Gasteiger charge is 2.06. The molecular formula is C11H10N2O3S. The van der Waals surface area contributed by atoms with Crippen molar-refractivity contribution in [2.24, 2.45) is 0 Å². The molecule has 1 aromatic carbocycles. The summed E-state index contributed by atoms with van der Waals surface area (Å²) in [5.74, 6) is 0.665. The lowest BCUT2D eigenvalue weighted by atomic mass is 10.2. The van der Waals surface area contributed by atoms with Gasteiger partial charge >= 0.3 is 5.97 Å². The zero-order valence-electron chi connectivity index (χ0n) is 9.08. The molecule has 88 valence electrons. The molecule has 0 saturated carbocycles. The molecule has 0 fully saturated rings. The number of thioether (sulfide) groups is 1. The second-order valence-corrected chi connectivity index (χ2v) is 4.39. The first-order valence-electron chi connectivity index (χ1n) is 4.90. The van der Waals surface area contributed by atoms with E-state index in [1.807, 2.05) is 6.07 Å². The van der Waals surface area contributed by atoms with Crippen LogP contribution in [0.15, 0.2) is 33.6 Å². The van der Waals surface area contributed by atoms with Gasteiger partial charge in [0.15, 0.2) is 0 Å². The number of hydrogen-bond acceptors (Lipinski definition) is 5. The van der Waals surface area contributed by atoms with E-state index >= 15 is 0 Å². The van der Waals surface area contributed by atoms with Crippen LogP contribution < -0.4 is 0 Å². The van der Waals surface area contributed by atoms with Gasteiger partial charge < -0.3 is 9.52 Å². The van der Waals surface area contributed by atoms with Crippen molar-refractivity contribution in [2.75, 3.05) is 0 Å². The van der Waals surface area contributed by atoms with Gasteiger partial charge in [-0.25, -0.2) is 4.79 Å². The van der Waals surface area contributed by atoms with Gasteiger partial charge in [0.05, 0.1) is 11.3 Å². The maximum atomic E-state index is 10.8. The van der Waals surface area contributed by atoms with Crippen LogP contribution in [0, 0.1) is 6.92 Å². The minimum Gasteiger partial charge on any atom is -0.478 e. The Bertz CT molecular complexity index is 539. The Morgan fingerprint density at radius 3 is 2.94 bits per heavy atom. The summed E-state index contributed by atoms with van der Waals surface area (Å²) in [4.78, 5) is 11.6. The maximum Gasteiger partial charge on any atom is 0.335 e. The molecule has 0 aliphatic heterocycles. The highest BCUT2D eigenvalue weighted by Crippen LogP contribution is 2.23. The molecule has 1 N–H and O–H groups in total. The Hall–Kier alpha value is -1.82. The van der Waals surface area contributed by atoms with E-state index in [1.165, 1.54) is 11.8 Å². The van der Waals surface area contributed by atoms with Crippen LogP contribution in [0.1, 0.15) is 22.1 Å². The van der Waals surface area contributed by atoms with Crippen LogP contribution in [0.2, 0.25) is 0 Å². The van der Waals surface area contributed by atoms with E-state index in [9.17, 15) is 4.79 Å². The Labute approximate surface area is 102 Å². The summed E-state index contributed by atoms with van der Waals surface area (Å²) in [6, 6.07) is 6.74. The molecule has 0 radical (unpaired) electrons. The van der Waals surface area contributed by atoms with Gasteiger partial charge in [0.2, 0.25) is 11.8 Å². The average molecular weight is 250 g/mol. The van der Waals surface area contributed by atoms with Crippen molar-refractivity contribution in [2.45, 2.75) is 17.6 Å². The molecule has 2 aromatic rings. The third kappa shape index (κ3) is 3.07. The molecule has 0 bridgehead atoms. The van der Waals surface area contributed by atoms with Crippen LogP contribution in [-0.2, 0) is 5.75 Å². The smallest absolute Gasteiger partial charge is 0.335 e. The minimum absolute atomic E-state index is 0.275. The van der Waals surface area contributed by atoms with Crippen LogP contribution in [0.5, 0.6) is 0 Å². The van der Waals surface area contributed by atoms with Crippen molar-refractivity contribution in [3.63, 3.8) is 0 Å². The van der Waals surface area contributed by atoms with Gasteiger partial charge in [0.25, 0.3) is 0 Å². The Morgan fingerprint density at radius 2 is 2.29 bits per heavy atom. The standard InChI is InChI=1S/C11H10N2O3S/c1-7-12-13-10(16-7)6-17-9-4-2-3-8(5-9)11(14)15/h2-5H,6H2,1H3,(H,14,15). The monoisotopic (exact) mass is 250 g/mol. The molecule has 0 aliphatic carbocycles. The summed E-state index contributed by atoms with van der Waals surface area (Å²) in [7, 11) is 0. The first-order valence-corrected chi connectivity index (χ1v) is 5.89. The lowest BCUT2D eigenvalue weighted by Crippen LogP contribution is -1.95. The normalized spacial score (nSPS) is 10.4. The molecule has 1 aromatic heterocycles. The SMILES string of the molecule is Cc1nnc(CSc2cccc(C(=O)O)c2)o1. The number of aromatic nitrogens is 2. The van der Waals surface area contributed by atoms with E-state index < -0.39 is 5.97 Å². The Kier molecular flexibility index (Phi) is 3.43. The Morgan fingerprint density at radius 1 is 1.47 bits per heavy atom. The number of carboxylic acid groups (broad SMARTS) is 1. The number of aromatic carboxylic acids is 1. The first kappa shape index (κ1) is 11.7. The molecule has 5 nitrogen and oxygen atoms in total. The van der Waals surface area contributed by atoms with Crippen molar-refractivity contribution in [1.82, 2.24) is 10.2 Å². The van der Waals surface area contributed by atoms with Crippen LogP contribution >= 0.6 is 11.8 Å². The molecule has 6 heteroatoms. The zero-order chi connectivity index (χ0) is 12.3. The third-order valence-electron chi connectivity index (χ3n) is 2.01. The van der Waals surface area contributed by atoms with Gasteiger partial charge in [0, 0.05) is 11.8 Å². The van der Waals surface area contributed by atoms with E-state index in [4.69, 9.17) is 9.52 Å². The van der Waals surface area contributed by atoms with Gasteiger partial charge in [-0.3, -0.25) is 0 Å². The number of carbonyl (C=O) groups is 1. The quantitative estimate of drug-likeness (QED) is 0.839.